The molecule has 0 radical (unpaired) electrons. The third kappa shape index (κ3) is 8.01. The molecular formula is C21H22ClF3N2O4. The summed E-state index contributed by atoms with van der Waals surface area (Å²) in [4.78, 5) is 15.9. The highest BCUT2D eigenvalue weighted by Gasteiger charge is 2.29. The zero-order valence-electron chi connectivity index (χ0n) is 17.1. The lowest BCUT2D eigenvalue weighted by atomic mass is 10.1. The third-order valence-corrected chi connectivity index (χ3v) is 3.99. The summed E-state index contributed by atoms with van der Waals surface area (Å²) >= 11 is 6.25. The molecule has 0 spiro atoms. The highest BCUT2D eigenvalue weighted by atomic mass is 35.5. The molecule has 1 aromatic heterocycles. The average Bonchev–Trinajstić information content (AvgIpc) is 2.70. The summed E-state index contributed by atoms with van der Waals surface area (Å²) in [5.74, 6) is 0.163. The number of ether oxygens (including phenoxy) is 3. The van der Waals surface area contributed by atoms with Gasteiger partial charge in [-0.1, -0.05) is 17.7 Å². The van der Waals surface area contributed by atoms with Crippen molar-refractivity contribution in [1.29, 1.82) is 0 Å². The van der Waals surface area contributed by atoms with Crippen molar-refractivity contribution in [3.63, 3.8) is 0 Å². The number of carbonyl (C=O) groups is 1. The highest BCUT2D eigenvalue weighted by Crippen LogP contribution is 2.37. The first kappa shape index (κ1) is 24.3. The molecule has 6 nitrogen and oxygen atoms in total. The fourth-order valence-corrected chi connectivity index (χ4v) is 2.70. The second-order valence-electron chi connectivity index (χ2n) is 6.62. The van der Waals surface area contributed by atoms with E-state index in [2.05, 4.69) is 10.3 Å². The van der Waals surface area contributed by atoms with E-state index in [0.29, 0.717) is 27.6 Å². The van der Waals surface area contributed by atoms with Crippen molar-refractivity contribution in [3.05, 3.63) is 52.7 Å². The molecule has 0 fully saturated rings. The first-order chi connectivity index (χ1) is 14.6. The lowest BCUT2D eigenvalue weighted by Gasteiger charge is -2.15. The molecule has 0 aliphatic rings. The van der Waals surface area contributed by atoms with E-state index in [4.69, 9.17) is 25.8 Å². The number of nitrogens with zero attached hydrogens (tertiary/aromatic N) is 1. The summed E-state index contributed by atoms with van der Waals surface area (Å²) in [6, 6.07) is 6.33. The molecule has 0 aliphatic heterocycles. The van der Waals surface area contributed by atoms with Gasteiger partial charge in [-0.15, -0.1) is 0 Å². The van der Waals surface area contributed by atoms with Crippen LogP contribution in [0.4, 0.5) is 13.2 Å². The summed E-state index contributed by atoms with van der Waals surface area (Å²) in [5.41, 5.74) is 0.914. The summed E-state index contributed by atoms with van der Waals surface area (Å²) in [5, 5.41) is 2.90. The predicted octanol–water partition coefficient (Wildman–Crippen LogP) is 4.80. The lowest BCUT2D eigenvalue weighted by Crippen LogP contribution is -2.23. The van der Waals surface area contributed by atoms with E-state index in [9.17, 15) is 18.0 Å². The van der Waals surface area contributed by atoms with Gasteiger partial charge in [-0.25, -0.2) is 4.98 Å². The van der Waals surface area contributed by atoms with Gasteiger partial charge in [0, 0.05) is 24.4 Å². The zero-order valence-corrected chi connectivity index (χ0v) is 17.9. The van der Waals surface area contributed by atoms with Crippen LogP contribution in [0.25, 0.3) is 6.08 Å². The smallest absolute Gasteiger partial charge is 0.422 e. The molecule has 168 valence electrons. The van der Waals surface area contributed by atoms with E-state index in [1.54, 1.807) is 12.1 Å². The molecule has 0 aliphatic carbocycles. The van der Waals surface area contributed by atoms with Crippen LogP contribution in [-0.4, -0.2) is 36.9 Å². The van der Waals surface area contributed by atoms with Crippen LogP contribution in [0, 0.1) is 0 Å². The number of nitrogens with one attached hydrogen (secondary N) is 1. The Balaban J connectivity index is 2.03. The standard InChI is InChI=1S/C21H22ClF3N2O4/c1-13(2)31-19-16(22)9-14(10-17(19)29-3)6-7-18(28)27-11-15-5-4-8-26-20(15)30-12-21(23,24)25/h4-10,13H,11-12H2,1-3H3,(H,27,28)/b7-6+. The van der Waals surface area contributed by atoms with Crippen molar-refractivity contribution in [2.75, 3.05) is 13.7 Å². The minimum absolute atomic E-state index is 0.0601. The number of aromatic nitrogens is 1. The monoisotopic (exact) mass is 458 g/mol. The van der Waals surface area contributed by atoms with Crippen molar-refractivity contribution < 1.29 is 32.2 Å². The van der Waals surface area contributed by atoms with E-state index >= 15 is 0 Å². The van der Waals surface area contributed by atoms with Crippen molar-refractivity contribution in [2.45, 2.75) is 32.7 Å². The molecule has 0 saturated heterocycles. The second-order valence-corrected chi connectivity index (χ2v) is 7.03. The van der Waals surface area contributed by atoms with Gasteiger partial charge in [-0.05, 0) is 43.7 Å². The number of carbonyl (C=O) groups excluding carboxylic acids is 1. The van der Waals surface area contributed by atoms with Crippen molar-refractivity contribution in [2.24, 2.45) is 0 Å². The fraction of sp³-hybridized carbons (Fsp3) is 0.333. The first-order valence-electron chi connectivity index (χ1n) is 9.22. The van der Waals surface area contributed by atoms with Crippen LogP contribution < -0.4 is 19.5 Å². The number of methoxy groups -OCH3 is 1. The van der Waals surface area contributed by atoms with Crippen molar-refractivity contribution in [1.82, 2.24) is 10.3 Å². The SMILES string of the molecule is COc1cc(/C=C/C(=O)NCc2cccnc2OCC(F)(F)F)cc(Cl)c1OC(C)C. The molecule has 1 aromatic carbocycles. The zero-order chi connectivity index (χ0) is 23.0. The molecule has 1 amide bonds. The molecule has 1 heterocycles. The minimum atomic E-state index is -4.49. The second kappa shape index (κ2) is 10.9. The van der Waals surface area contributed by atoms with E-state index in [1.165, 1.54) is 37.6 Å². The van der Waals surface area contributed by atoms with Gasteiger partial charge in [0.1, 0.15) is 0 Å². The van der Waals surface area contributed by atoms with E-state index < -0.39 is 18.7 Å². The first-order valence-corrected chi connectivity index (χ1v) is 9.60. The maximum Gasteiger partial charge on any atom is 0.422 e. The maximum absolute atomic E-state index is 12.4. The van der Waals surface area contributed by atoms with Crippen LogP contribution in [0.2, 0.25) is 5.02 Å². The Labute approximate surface area is 183 Å². The molecule has 1 N–H and O–H groups in total. The average molecular weight is 459 g/mol. The molecule has 31 heavy (non-hydrogen) atoms. The van der Waals surface area contributed by atoms with Crippen LogP contribution in [-0.2, 0) is 11.3 Å². The number of halogens is 4. The van der Waals surface area contributed by atoms with E-state index in [0.717, 1.165) is 0 Å². The number of amides is 1. The van der Waals surface area contributed by atoms with E-state index in [-0.39, 0.29) is 18.5 Å². The van der Waals surface area contributed by atoms with Gasteiger partial charge in [-0.3, -0.25) is 4.79 Å². The molecule has 0 atom stereocenters. The van der Waals surface area contributed by atoms with Gasteiger partial charge in [0.05, 0.1) is 18.2 Å². The normalized spacial score (nSPS) is 11.6. The molecule has 2 aromatic rings. The van der Waals surface area contributed by atoms with Crippen LogP contribution in [0.15, 0.2) is 36.5 Å². The minimum Gasteiger partial charge on any atom is -0.493 e. The molecule has 0 unspecified atom stereocenters. The lowest BCUT2D eigenvalue weighted by molar-refractivity contribution is -0.154. The van der Waals surface area contributed by atoms with Gasteiger partial charge < -0.3 is 19.5 Å². The van der Waals surface area contributed by atoms with E-state index in [1.807, 2.05) is 13.8 Å². The van der Waals surface area contributed by atoms with Crippen LogP contribution in [0.3, 0.4) is 0 Å². The molecule has 10 heteroatoms. The van der Waals surface area contributed by atoms with Crippen LogP contribution in [0.1, 0.15) is 25.0 Å². The molecule has 0 bridgehead atoms. The quantitative estimate of drug-likeness (QED) is 0.546. The van der Waals surface area contributed by atoms with Gasteiger partial charge in [0.15, 0.2) is 18.1 Å². The van der Waals surface area contributed by atoms with Crippen LogP contribution in [0.5, 0.6) is 17.4 Å². The third-order valence-electron chi connectivity index (χ3n) is 3.71. The number of pyridine rings is 1. The Kier molecular flexibility index (Phi) is 8.56. The molecule has 2 rings (SSSR count). The maximum atomic E-state index is 12.4. The number of alkyl halides is 3. The van der Waals surface area contributed by atoms with Gasteiger partial charge in [-0.2, -0.15) is 13.2 Å². The number of hydrogen-bond acceptors (Lipinski definition) is 5. The summed E-state index contributed by atoms with van der Waals surface area (Å²) in [7, 11) is 1.48. The topological polar surface area (TPSA) is 69.7 Å². The Morgan fingerprint density at radius 1 is 1.32 bits per heavy atom. The highest BCUT2D eigenvalue weighted by molar-refractivity contribution is 6.32. The van der Waals surface area contributed by atoms with Crippen molar-refractivity contribution >= 4 is 23.6 Å². The van der Waals surface area contributed by atoms with Crippen molar-refractivity contribution in [3.8, 4) is 17.4 Å². The summed E-state index contributed by atoms with van der Waals surface area (Å²) < 4.78 is 52.7. The number of benzene rings is 1. The number of rotatable bonds is 9. The Morgan fingerprint density at radius 2 is 2.06 bits per heavy atom. The number of hydrogen-bond donors (Lipinski definition) is 1. The largest absolute Gasteiger partial charge is 0.493 e. The van der Waals surface area contributed by atoms with Gasteiger partial charge in [0.2, 0.25) is 11.8 Å². The van der Waals surface area contributed by atoms with Gasteiger partial charge >= 0.3 is 6.18 Å². The Bertz CT molecular complexity index is 933. The predicted molar refractivity (Wildman–Crippen MR) is 110 cm³/mol. The summed E-state index contributed by atoms with van der Waals surface area (Å²) in [6.07, 6.45) is -0.496. The van der Waals surface area contributed by atoms with Crippen LogP contribution >= 0.6 is 11.6 Å². The molecule has 0 saturated carbocycles. The Hall–Kier alpha value is -2.94. The van der Waals surface area contributed by atoms with Gasteiger partial charge in [0.25, 0.3) is 0 Å². The fourth-order valence-electron chi connectivity index (χ4n) is 2.44. The molecular weight excluding hydrogens is 437 g/mol. The summed E-state index contributed by atoms with van der Waals surface area (Å²) in [6.45, 7) is 2.19. The Morgan fingerprint density at radius 3 is 2.71 bits per heavy atom.